The monoisotopic (exact) mass is 464 g/mol. The molecule has 1 fully saturated rings. The van der Waals surface area contributed by atoms with Crippen LogP contribution in [0.25, 0.3) is 16.7 Å². The minimum absolute atomic E-state index is 0.137. The van der Waals surface area contributed by atoms with Crippen LogP contribution in [0.3, 0.4) is 0 Å². The van der Waals surface area contributed by atoms with E-state index in [9.17, 15) is 14.7 Å². The Hall–Kier alpha value is -4.12. The summed E-state index contributed by atoms with van der Waals surface area (Å²) >= 11 is 0. The second-order valence-corrected chi connectivity index (χ2v) is 9.06. The van der Waals surface area contributed by atoms with E-state index in [0.29, 0.717) is 18.5 Å². The highest BCUT2D eigenvalue weighted by Crippen LogP contribution is 2.39. The number of aliphatic hydroxyl groups is 1. The molecule has 0 bridgehead atoms. The van der Waals surface area contributed by atoms with Gasteiger partial charge >= 0.3 is 0 Å². The maximum atomic E-state index is 13.3. The van der Waals surface area contributed by atoms with Crippen molar-refractivity contribution in [3.63, 3.8) is 0 Å². The van der Waals surface area contributed by atoms with Gasteiger partial charge in [-0.2, -0.15) is 0 Å². The van der Waals surface area contributed by atoms with Crippen molar-refractivity contribution in [3.8, 4) is 0 Å². The summed E-state index contributed by atoms with van der Waals surface area (Å²) in [5.74, 6) is -1.36. The van der Waals surface area contributed by atoms with E-state index in [4.69, 9.17) is 0 Å². The van der Waals surface area contributed by atoms with E-state index in [1.165, 1.54) is 5.56 Å². The van der Waals surface area contributed by atoms with Crippen LogP contribution in [0, 0.1) is 6.92 Å². The molecular weight excluding hydrogens is 436 g/mol. The Morgan fingerprint density at radius 2 is 1.69 bits per heavy atom. The molecule has 0 saturated carbocycles. The maximum Gasteiger partial charge on any atom is 0.295 e. The van der Waals surface area contributed by atoms with E-state index in [2.05, 4.69) is 11.9 Å². The summed E-state index contributed by atoms with van der Waals surface area (Å²) in [5.41, 5.74) is 5.82. The highest BCUT2D eigenvalue weighted by atomic mass is 16.3. The second-order valence-electron chi connectivity index (χ2n) is 9.06. The van der Waals surface area contributed by atoms with Gasteiger partial charge in [0, 0.05) is 29.2 Å². The van der Waals surface area contributed by atoms with E-state index in [0.717, 1.165) is 34.0 Å². The van der Waals surface area contributed by atoms with Crippen LogP contribution in [-0.2, 0) is 22.4 Å². The first-order chi connectivity index (χ1) is 17.0. The van der Waals surface area contributed by atoms with E-state index >= 15 is 0 Å². The highest BCUT2D eigenvalue weighted by molar-refractivity contribution is 6.46. The summed E-state index contributed by atoms with van der Waals surface area (Å²) in [6, 6.07) is 22.6. The molecule has 0 aliphatic carbocycles. The summed E-state index contributed by atoms with van der Waals surface area (Å²) in [5, 5.41) is 12.3. The normalized spacial score (nSPS) is 17.4. The first-order valence-corrected chi connectivity index (χ1v) is 12.0. The van der Waals surface area contributed by atoms with E-state index in [-0.39, 0.29) is 11.3 Å². The summed E-state index contributed by atoms with van der Waals surface area (Å²) in [6.07, 6.45) is 3.44. The predicted molar refractivity (Wildman–Crippen MR) is 138 cm³/mol. The molecule has 1 aromatic heterocycles. The second kappa shape index (κ2) is 9.26. The minimum atomic E-state index is -0.647. The van der Waals surface area contributed by atoms with Crippen LogP contribution in [-0.4, -0.2) is 33.2 Å². The number of Topliss-reactive ketones (excluding diaryl/α,β-unsaturated/α-hetero) is 1. The van der Waals surface area contributed by atoms with Crippen molar-refractivity contribution in [1.82, 2.24) is 9.88 Å². The molecule has 1 saturated heterocycles. The lowest BCUT2D eigenvalue weighted by Crippen LogP contribution is -2.31. The number of rotatable bonds is 6. The third-order valence-electron chi connectivity index (χ3n) is 6.87. The molecule has 1 atom stereocenters. The number of nitrogens with zero attached hydrogens (tertiary/aromatic N) is 1. The van der Waals surface area contributed by atoms with E-state index in [1.807, 2.05) is 73.8 Å². The Morgan fingerprint density at radius 1 is 0.971 bits per heavy atom. The molecule has 4 aromatic rings. The fraction of sp³-hybridized carbons (Fsp3) is 0.200. The third kappa shape index (κ3) is 4.14. The van der Waals surface area contributed by atoms with Gasteiger partial charge in [0.25, 0.3) is 11.7 Å². The standard InChI is InChI=1S/C30H28N2O3/c1-3-20-10-14-21(15-11-20)27-26(28(33)22-12-8-19(2)9-13-22)29(34)30(35)32(27)17-16-23-18-31-25-7-5-4-6-24(23)25/h4-15,18,27,31,33H,3,16-17H2,1-2H3/b28-26+. The number of para-hydroxylation sites is 1. The largest absolute Gasteiger partial charge is 0.507 e. The lowest BCUT2D eigenvalue weighted by Gasteiger charge is -2.25. The predicted octanol–water partition coefficient (Wildman–Crippen LogP) is 5.70. The third-order valence-corrected chi connectivity index (χ3v) is 6.87. The highest BCUT2D eigenvalue weighted by Gasteiger charge is 2.45. The fourth-order valence-corrected chi connectivity index (χ4v) is 4.84. The Bertz CT molecular complexity index is 1430. The summed E-state index contributed by atoms with van der Waals surface area (Å²) in [7, 11) is 0. The Kier molecular flexibility index (Phi) is 6.00. The molecule has 5 heteroatoms. The molecule has 2 N–H and O–H groups in total. The summed E-state index contributed by atoms with van der Waals surface area (Å²) < 4.78 is 0. The van der Waals surface area contributed by atoms with Gasteiger partial charge in [0.15, 0.2) is 0 Å². The van der Waals surface area contributed by atoms with Crippen molar-refractivity contribution < 1.29 is 14.7 Å². The number of aliphatic hydroxyl groups excluding tert-OH is 1. The Labute approximate surface area is 204 Å². The van der Waals surface area contributed by atoms with Gasteiger partial charge in [0.05, 0.1) is 11.6 Å². The van der Waals surface area contributed by atoms with Gasteiger partial charge in [0.2, 0.25) is 0 Å². The van der Waals surface area contributed by atoms with Gasteiger partial charge in [-0.15, -0.1) is 0 Å². The minimum Gasteiger partial charge on any atom is -0.507 e. The van der Waals surface area contributed by atoms with Crippen molar-refractivity contribution in [3.05, 3.63) is 112 Å². The fourth-order valence-electron chi connectivity index (χ4n) is 4.84. The van der Waals surface area contributed by atoms with Gasteiger partial charge in [-0.05, 0) is 42.5 Å². The zero-order chi connectivity index (χ0) is 24.5. The molecule has 1 unspecified atom stereocenters. The molecule has 0 radical (unpaired) electrons. The number of fused-ring (bicyclic) bond motifs is 1. The number of H-pyrrole nitrogens is 1. The Morgan fingerprint density at radius 3 is 2.40 bits per heavy atom. The summed E-state index contributed by atoms with van der Waals surface area (Å²) in [4.78, 5) is 31.4. The van der Waals surface area contributed by atoms with Gasteiger partial charge < -0.3 is 15.0 Å². The summed E-state index contributed by atoms with van der Waals surface area (Å²) in [6.45, 7) is 4.40. The molecule has 1 aliphatic rings. The molecular formula is C30H28N2O3. The van der Waals surface area contributed by atoms with Crippen molar-refractivity contribution in [2.75, 3.05) is 6.54 Å². The smallest absolute Gasteiger partial charge is 0.295 e. The van der Waals surface area contributed by atoms with Crippen LogP contribution in [0.5, 0.6) is 0 Å². The number of hydrogen-bond acceptors (Lipinski definition) is 3. The number of aryl methyl sites for hydroxylation is 2. The zero-order valence-electron chi connectivity index (χ0n) is 19.9. The molecule has 1 amide bonds. The van der Waals surface area contributed by atoms with E-state index in [1.54, 1.807) is 17.0 Å². The number of aromatic amines is 1. The maximum absolute atomic E-state index is 13.3. The molecule has 5 nitrogen and oxygen atoms in total. The van der Waals surface area contributed by atoms with Crippen LogP contribution < -0.4 is 0 Å². The van der Waals surface area contributed by atoms with Crippen molar-refractivity contribution >= 4 is 28.4 Å². The number of aromatic nitrogens is 1. The lowest BCUT2D eigenvalue weighted by molar-refractivity contribution is -0.139. The number of carbonyl (C=O) groups excluding carboxylic acids is 2. The number of hydrogen-bond donors (Lipinski definition) is 2. The molecule has 3 aromatic carbocycles. The van der Waals surface area contributed by atoms with Crippen LogP contribution in [0.4, 0.5) is 0 Å². The first kappa shape index (κ1) is 22.7. The Balaban J connectivity index is 1.56. The molecule has 2 heterocycles. The van der Waals surface area contributed by atoms with Gasteiger partial charge in [-0.1, -0.05) is 79.2 Å². The molecule has 1 aliphatic heterocycles. The number of amides is 1. The number of ketones is 1. The topological polar surface area (TPSA) is 73.4 Å². The SMILES string of the molecule is CCc1ccc(C2/C(=C(\O)c3ccc(C)cc3)C(=O)C(=O)N2CCc2c[nH]c3ccccc23)cc1. The van der Waals surface area contributed by atoms with Crippen LogP contribution in [0.1, 0.15) is 40.8 Å². The molecule has 35 heavy (non-hydrogen) atoms. The molecule has 5 rings (SSSR count). The first-order valence-electron chi connectivity index (χ1n) is 12.0. The van der Waals surface area contributed by atoms with Gasteiger partial charge in [-0.25, -0.2) is 0 Å². The number of carbonyl (C=O) groups is 2. The van der Waals surface area contributed by atoms with Gasteiger partial charge in [0.1, 0.15) is 5.76 Å². The zero-order valence-corrected chi connectivity index (χ0v) is 19.9. The van der Waals surface area contributed by atoms with E-state index < -0.39 is 17.7 Å². The average molecular weight is 465 g/mol. The van der Waals surface area contributed by atoms with Crippen molar-refractivity contribution in [1.29, 1.82) is 0 Å². The molecule has 0 spiro atoms. The number of likely N-dealkylation sites (tertiary alicyclic amines) is 1. The van der Waals surface area contributed by atoms with Crippen molar-refractivity contribution in [2.24, 2.45) is 0 Å². The number of nitrogens with one attached hydrogen (secondary N) is 1. The average Bonchev–Trinajstić information content (AvgIpc) is 3.41. The quantitative estimate of drug-likeness (QED) is 0.218. The number of benzene rings is 3. The van der Waals surface area contributed by atoms with Gasteiger partial charge in [-0.3, -0.25) is 9.59 Å². The van der Waals surface area contributed by atoms with Crippen LogP contribution in [0.15, 0.2) is 84.6 Å². The van der Waals surface area contributed by atoms with Crippen molar-refractivity contribution in [2.45, 2.75) is 32.7 Å². The van der Waals surface area contributed by atoms with Crippen LogP contribution >= 0.6 is 0 Å². The lowest BCUT2D eigenvalue weighted by atomic mass is 9.94. The van der Waals surface area contributed by atoms with Crippen LogP contribution in [0.2, 0.25) is 0 Å². The molecule has 176 valence electrons.